The van der Waals surface area contributed by atoms with Crippen molar-refractivity contribution in [2.45, 2.75) is 0 Å². The van der Waals surface area contributed by atoms with Gasteiger partial charge >= 0.3 is 0 Å². The molecule has 0 unspecified atom stereocenters. The van der Waals surface area contributed by atoms with Gasteiger partial charge in [-0.2, -0.15) is 0 Å². The molecule has 10 aromatic rings. The number of para-hydroxylation sites is 1. The number of nitrogens with zero attached hydrogens (tertiary/aromatic N) is 3. The highest BCUT2D eigenvalue weighted by Gasteiger charge is 2.21. The molecule has 0 fully saturated rings. The zero-order chi connectivity index (χ0) is 30.2. The fraction of sp³-hybridized carbons (Fsp3) is 0. The number of benzene rings is 7. The number of hydrogen-bond acceptors (Lipinski definition) is 3. The first-order chi connectivity index (χ1) is 22.8. The van der Waals surface area contributed by atoms with Gasteiger partial charge in [-0.1, -0.05) is 121 Å². The maximum Gasteiger partial charge on any atom is 0.235 e. The molecule has 0 saturated heterocycles. The Morgan fingerprint density at radius 2 is 1.17 bits per heavy atom. The molecule has 0 spiro atoms. The molecule has 0 atom stereocenters. The van der Waals surface area contributed by atoms with E-state index in [0.717, 1.165) is 33.2 Å². The van der Waals surface area contributed by atoms with Gasteiger partial charge in [0.05, 0.1) is 22.2 Å². The van der Waals surface area contributed by atoms with Crippen LogP contribution in [0, 0.1) is 0 Å². The number of thiophene rings is 1. The summed E-state index contributed by atoms with van der Waals surface area (Å²) < 4.78 is 4.80. The van der Waals surface area contributed by atoms with Crippen LogP contribution in [-0.2, 0) is 0 Å². The Kier molecular flexibility index (Phi) is 5.45. The lowest BCUT2D eigenvalue weighted by Crippen LogP contribution is -2.03. The summed E-state index contributed by atoms with van der Waals surface area (Å²) in [6.07, 6.45) is 0. The highest BCUT2D eigenvalue weighted by Crippen LogP contribution is 2.43. The van der Waals surface area contributed by atoms with E-state index >= 15 is 0 Å². The molecule has 0 amide bonds. The Balaban J connectivity index is 1.34. The molecule has 0 aliphatic carbocycles. The van der Waals surface area contributed by atoms with Crippen LogP contribution in [-0.4, -0.2) is 14.5 Å². The van der Waals surface area contributed by atoms with Crippen LogP contribution >= 0.6 is 11.3 Å². The highest BCUT2D eigenvalue weighted by atomic mass is 32.1. The predicted molar refractivity (Wildman–Crippen MR) is 195 cm³/mol. The van der Waals surface area contributed by atoms with E-state index in [-0.39, 0.29) is 0 Å². The Bertz CT molecular complexity index is 2810. The molecule has 0 aliphatic rings. The monoisotopic (exact) mass is 603 g/mol. The van der Waals surface area contributed by atoms with Gasteiger partial charge in [-0.15, -0.1) is 11.3 Å². The highest BCUT2D eigenvalue weighted by molar-refractivity contribution is 7.26. The van der Waals surface area contributed by atoms with Gasteiger partial charge in [0.15, 0.2) is 0 Å². The van der Waals surface area contributed by atoms with Crippen molar-refractivity contribution in [1.29, 1.82) is 0 Å². The SMILES string of the molecule is c1ccc(-c2cccc3c2c2cc4ccccc4cc2n3-c2nc(-c3cccc4c3sc3ccccc34)c3ccccc3n2)cc1. The van der Waals surface area contributed by atoms with Gasteiger partial charge in [0, 0.05) is 41.9 Å². The maximum absolute atomic E-state index is 5.48. The van der Waals surface area contributed by atoms with Crippen molar-refractivity contribution in [3.8, 4) is 28.3 Å². The lowest BCUT2D eigenvalue weighted by atomic mass is 9.98. The average Bonchev–Trinajstić information content (AvgIpc) is 3.66. The molecule has 0 radical (unpaired) electrons. The fourth-order valence-corrected chi connectivity index (χ4v) is 8.35. The molecule has 10 rings (SSSR count). The minimum atomic E-state index is 0.673. The minimum Gasteiger partial charge on any atom is -0.278 e. The van der Waals surface area contributed by atoms with E-state index < -0.39 is 0 Å². The second kappa shape index (κ2) is 9.83. The van der Waals surface area contributed by atoms with Crippen LogP contribution in [0.15, 0.2) is 152 Å². The van der Waals surface area contributed by atoms with Crippen molar-refractivity contribution in [3.05, 3.63) is 152 Å². The van der Waals surface area contributed by atoms with Gasteiger partial charge in [-0.05, 0) is 52.2 Å². The predicted octanol–water partition coefficient (Wildman–Crippen LogP) is 11.6. The Morgan fingerprint density at radius 3 is 2.07 bits per heavy atom. The van der Waals surface area contributed by atoms with E-state index in [0.29, 0.717) is 5.95 Å². The number of aromatic nitrogens is 3. The van der Waals surface area contributed by atoms with Crippen LogP contribution in [0.3, 0.4) is 0 Å². The molecule has 0 saturated carbocycles. The molecule has 7 aromatic carbocycles. The Morgan fingerprint density at radius 1 is 0.478 bits per heavy atom. The van der Waals surface area contributed by atoms with Crippen molar-refractivity contribution < 1.29 is 0 Å². The summed E-state index contributed by atoms with van der Waals surface area (Å²) in [6, 6.07) is 54.1. The van der Waals surface area contributed by atoms with Crippen LogP contribution < -0.4 is 0 Å². The smallest absolute Gasteiger partial charge is 0.235 e. The van der Waals surface area contributed by atoms with Gasteiger partial charge < -0.3 is 0 Å². The van der Waals surface area contributed by atoms with Crippen LogP contribution in [0.2, 0.25) is 0 Å². The van der Waals surface area contributed by atoms with Crippen molar-refractivity contribution in [2.24, 2.45) is 0 Å². The van der Waals surface area contributed by atoms with Crippen molar-refractivity contribution in [3.63, 3.8) is 0 Å². The zero-order valence-corrected chi connectivity index (χ0v) is 25.5. The zero-order valence-electron chi connectivity index (χ0n) is 24.7. The van der Waals surface area contributed by atoms with Gasteiger partial charge in [-0.3, -0.25) is 4.57 Å². The Labute approximate surface area is 268 Å². The van der Waals surface area contributed by atoms with Crippen LogP contribution in [0.1, 0.15) is 0 Å². The van der Waals surface area contributed by atoms with Crippen LogP contribution in [0.25, 0.3) is 92.0 Å². The maximum atomic E-state index is 5.48. The fourth-order valence-electron chi connectivity index (χ4n) is 7.13. The van der Waals surface area contributed by atoms with E-state index in [1.807, 2.05) is 11.3 Å². The molecule has 46 heavy (non-hydrogen) atoms. The van der Waals surface area contributed by atoms with Crippen molar-refractivity contribution in [1.82, 2.24) is 14.5 Å². The van der Waals surface area contributed by atoms with Gasteiger partial charge in [0.25, 0.3) is 0 Å². The van der Waals surface area contributed by atoms with E-state index in [1.54, 1.807) is 0 Å². The van der Waals surface area contributed by atoms with Crippen LogP contribution in [0.5, 0.6) is 0 Å². The van der Waals surface area contributed by atoms with Crippen molar-refractivity contribution >= 4 is 75.0 Å². The summed E-state index contributed by atoms with van der Waals surface area (Å²) in [5.41, 5.74) is 7.59. The second-order valence-electron chi connectivity index (χ2n) is 11.8. The molecule has 0 aliphatic heterocycles. The third-order valence-corrected chi connectivity index (χ3v) is 10.4. The molecule has 4 heteroatoms. The summed E-state index contributed by atoms with van der Waals surface area (Å²) in [6.45, 7) is 0. The summed E-state index contributed by atoms with van der Waals surface area (Å²) in [5.74, 6) is 0.673. The molecule has 0 bridgehead atoms. The Hall–Kier alpha value is -5.84. The van der Waals surface area contributed by atoms with Gasteiger partial charge in [0.2, 0.25) is 5.95 Å². The normalized spacial score (nSPS) is 11.9. The average molecular weight is 604 g/mol. The molecular weight excluding hydrogens is 579 g/mol. The number of rotatable bonds is 3. The third kappa shape index (κ3) is 3.71. The van der Waals surface area contributed by atoms with Crippen LogP contribution in [0.4, 0.5) is 0 Å². The lowest BCUT2D eigenvalue weighted by Gasteiger charge is -2.12. The third-order valence-electron chi connectivity index (χ3n) is 9.19. The molecule has 214 valence electrons. The summed E-state index contributed by atoms with van der Waals surface area (Å²) in [7, 11) is 0. The standard InChI is InChI=1S/C42H25N3S/c1-2-12-26(13-3-1)29-18-11-22-36-39(29)34-24-27-14-4-5-15-28(27)25-37(34)45(36)42-43-35-21-8-6-17-32(35)40(44-42)33-20-10-19-31-30-16-7-9-23-38(30)46-41(31)33/h1-25H. The molecule has 3 heterocycles. The van der Waals surface area contributed by atoms with E-state index in [1.165, 1.54) is 52.8 Å². The first-order valence-corrected chi connectivity index (χ1v) is 16.3. The minimum absolute atomic E-state index is 0.673. The van der Waals surface area contributed by atoms with Gasteiger partial charge in [0.1, 0.15) is 0 Å². The summed E-state index contributed by atoms with van der Waals surface area (Å²) >= 11 is 1.83. The summed E-state index contributed by atoms with van der Waals surface area (Å²) in [5, 5.41) is 8.40. The molecule has 3 aromatic heterocycles. The van der Waals surface area contributed by atoms with Gasteiger partial charge in [-0.25, -0.2) is 9.97 Å². The number of hydrogen-bond donors (Lipinski definition) is 0. The topological polar surface area (TPSA) is 30.7 Å². The van der Waals surface area contributed by atoms with E-state index in [4.69, 9.17) is 9.97 Å². The van der Waals surface area contributed by atoms with E-state index in [2.05, 4.69) is 156 Å². The summed E-state index contributed by atoms with van der Waals surface area (Å²) in [4.78, 5) is 10.7. The quantitative estimate of drug-likeness (QED) is 0.201. The largest absolute Gasteiger partial charge is 0.278 e. The number of fused-ring (bicyclic) bond motifs is 8. The molecular formula is C42H25N3S. The lowest BCUT2D eigenvalue weighted by molar-refractivity contribution is 1.01. The van der Waals surface area contributed by atoms with Crippen molar-refractivity contribution in [2.75, 3.05) is 0 Å². The first-order valence-electron chi connectivity index (χ1n) is 15.5. The molecule has 0 N–H and O–H groups in total. The second-order valence-corrected chi connectivity index (χ2v) is 12.8. The van der Waals surface area contributed by atoms with E-state index in [9.17, 15) is 0 Å². The molecule has 3 nitrogen and oxygen atoms in total. The first kappa shape index (κ1) is 25.5.